The normalized spacial score (nSPS) is 9.87. The second-order valence-corrected chi connectivity index (χ2v) is 2.80. The summed E-state index contributed by atoms with van der Waals surface area (Å²) >= 11 is 0. The number of aromatic nitrogens is 4. The maximum atomic E-state index is 11.2. The van der Waals surface area contributed by atoms with Crippen LogP contribution in [0.4, 0.5) is 0 Å². The number of amides is 1. The van der Waals surface area contributed by atoms with Crippen LogP contribution in [0.25, 0.3) is 5.78 Å². The van der Waals surface area contributed by atoms with Gasteiger partial charge in [-0.3, -0.25) is 10.1 Å². The first-order chi connectivity index (χ1) is 7.22. The molecule has 0 fully saturated rings. The minimum absolute atomic E-state index is 0.0710. The van der Waals surface area contributed by atoms with Crippen LogP contribution in [-0.2, 0) is 0 Å². The Morgan fingerprint density at radius 1 is 1.67 bits per heavy atom. The highest BCUT2D eigenvalue weighted by Crippen LogP contribution is 2.01. The maximum Gasteiger partial charge on any atom is 0.304 e. The van der Waals surface area contributed by atoms with Crippen LogP contribution in [0.15, 0.2) is 12.3 Å². The number of carbonyl (C=O) groups is 1. The van der Waals surface area contributed by atoms with Crippen molar-refractivity contribution in [3.8, 4) is 6.19 Å². The fourth-order valence-electron chi connectivity index (χ4n) is 1.11. The first kappa shape index (κ1) is 9.08. The van der Waals surface area contributed by atoms with Crippen LogP contribution in [0.2, 0.25) is 0 Å². The molecule has 0 aliphatic rings. The van der Waals surface area contributed by atoms with Gasteiger partial charge in [0.05, 0.1) is 0 Å². The van der Waals surface area contributed by atoms with Crippen molar-refractivity contribution in [2.45, 2.75) is 6.92 Å². The first-order valence-corrected chi connectivity index (χ1v) is 4.10. The molecule has 2 aromatic rings. The van der Waals surface area contributed by atoms with Crippen molar-refractivity contribution in [3.63, 3.8) is 0 Å². The molecule has 74 valence electrons. The molecule has 0 aliphatic carbocycles. The monoisotopic (exact) mass is 202 g/mol. The van der Waals surface area contributed by atoms with Gasteiger partial charge in [0.2, 0.25) is 5.82 Å². The highest BCUT2D eigenvalue weighted by Gasteiger charge is 2.13. The number of rotatable bonds is 1. The number of nitriles is 1. The van der Waals surface area contributed by atoms with Crippen molar-refractivity contribution in [1.29, 1.82) is 5.26 Å². The summed E-state index contributed by atoms with van der Waals surface area (Å²) in [5.74, 6) is -0.376. The molecule has 15 heavy (non-hydrogen) atoms. The Morgan fingerprint density at radius 2 is 2.47 bits per heavy atom. The van der Waals surface area contributed by atoms with E-state index in [2.05, 4.69) is 15.1 Å². The predicted molar refractivity (Wildman–Crippen MR) is 48.6 cm³/mol. The molecule has 2 aromatic heterocycles. The quantitative estimate of drug-likeness (QED) is 0.503. The number of nitrogens with zero attached hydrogens (tertiary/aromatic N) is 5. The minimum atomic E-state index is -0.637. The minimum Gasteiger partial charge on any atom is -0.264 e. The zero-order valence-corrected chi connectivity index (χ0v) is 7.80. The summed E-state index contributed by atoms with van der Waals surface area (Å²) in [6.07, 6.45) is 3.09. The van der Waals surface area contributed by atoms with Gasteiger partial charge in [-0.15, -0.1) is 5.10 Å². The van der Waals surface area contributed by atoms with E-state index in [9.17, 15) is 4.79 Å². The molecular formula is C8H6N6O. The zero-order valence-electron chi connectivity index (χ0n) is 7.80. The second-order valence-electron chi connectivity index (χ2n) is 2.80. The first-order valence-electron chi connectivity index (χ1n) is 4.10. The molecule has 0 unspecified atom stereocenters. The molecular weight excluding hydrogens is 196 g/mol. The third-order valence-electron chi connectivity index (χ3n) is 1.80. The van der Waals surface area contributed by atoms with Gasteiger partial charge < -0.3 is 0 Å². The molecule has 7 heteroatoms. The fraction of sp³-hybridized carbons (Fsp3) is 0.125. The van der Waals surface area contributed by atoms with Crippen molar-refractivity contribution in [2.75, 3.05) is 0 Å². The van der Waals surface area contributed by atoms with Gasteiger partial charge in [-0.1, -0.05) is 0 Å². The second kappa shape index (κ2) is 3.34. The lowest BCUT2D eigenvalue weighted by molar-refractivity contribution is 0.0963. The molecule has 0 saturated carbocycles. The van der Waals surface area contributed by atoms with E-state index >= 15 is 0 Å². The summed E-state index contributed by atoms with van der Waals surface area (Å²) in [5, 5.41) is 14.1. The molecule has 2 rings (SSSR count). The highest BCUT2D eigenvalue weighted by molar-refractivity contribution is 5.91. The Bertz CT molecular complexity index is 566. The lowest BCUT2D eigenvalue weighted by Gasteiger charge is -1.92. The number of hydrogen-bond donors (Lipinski definition) is 1. The Kier molecular flexibility index (Phi) is 2.02. The molecule has 0 saturated heterocycles. The molecule has 2 heterocycles. The number of aryl methyl sites for hydroxylation is 1. The van der Waals surface area contributed by atoms with Crippen molar-refractivity contribution in [2.24, 2.45) is 0 Å². The number of carbonyl (C=O) groups excluding carboxylic acids is 1. The van der Waals surface area contributed by atoms with Crippen LogP contribution in [0.5, 0.6) is 0 Å². The fourth-order valence-corrected chi connectivity index (χ4v) is 1.11. The van der Waals surface area contributed by atoms with Crippen molar-refractivity contribution in [1.82, 2.24) is 24.9 Å². The molecule has 0 aromatic carbocycles. The molecule has 0 atom stereocenters. The SMILES string of the molecule is Cc1ccnc2nc(C(=O)NC#N)nn12. The van der Waals surface area contributed by atoms with Crippen LogP contribution in [-0.4, -0.2) is 25.5 Å². The van der Waals surface area contributed by atoms with Crippen molar-refractivity contribution >= 4 is 11.7 Å². The Balaban J connectivity index is 2.53. The third kappa shape index (κ3) is 1.48. The summed E-state index contributed by atoms with van der Waals surface area (Å²) in [5.41, 5.74) is 0.809. The predicted octanol–water partition coefficient (Wildman–Crippen LogP) is -0.356. The van der Waals surface area contributed by atoms with Crippen molar-refractivity contribution in [3.05, 3.63) is 23.8 Å². The van der Waals surface area contributed by atoms with E-state index in [1.54, 1.807) is 12.3 Å². The smallest absolute Gasteiger partial charge is 0.264 e. The Labute approximate surface area is 84.4 Å². The van der Waals surface area contributed by atoms with Crippen LogP contribution < -0.4 is 5.32 Å². The van der Waals surface area contributed by atoms with E-state index in [1.165, 1.54) is 10.7 Å². The number of nitrogens with one attached hydrogen (secondary N) is 1. The maximum absolute atomic E-state index is 11.2. The molecule has 0 radical (unpaired) electrons. The van der Waals surface area contributed by atoms with Gasteiger partial charge in [-0.25, -0.2) is 9.50 Å². The Hall–Kier alpha value is -2.49. The lowest BCUT2D eigenvalue weighted by atomic mass is 10.5. The van der Waals surface area contributed by atoms with E-state index in [0.717, 1.165) is 5.69 Å². The van der Waals surface area contributed by atoms with E-state index in [-0.39, 0.29) is 5.82 Å². The molecule has 1 N–H and O–H groups in total. The topological polar surface area (TPSA) is 96.0 Å². The zero-order chi connectivity index (χ0) is 10.8. The van der Waals surface area contributed by atoms with E-state index in [0.29, 0.717) is 5.78 Å². The summed E-state index contributed by atoms with van der Waals surface area (Å²) in [6, 6.07) is 1.74. The number of hydrogen-bond acceptors (Lipinski definition) is 5. The lowest BCUT2D eigenvalue weighted by Crippen LogP contribution is -2.18. The van der Waals surface area contributed by atoms with Gasteiger partial charge in [0.15, 0.2) is 6.19 Å². The average Bonchev–Trinajstić information content (AvgIpc) is 2.63. The summed E-state index contributed by atoms with van der Waals surface area (Å²) < 4.78 is 1.44. The van der Waals surface area contributed by atoms with E-state index < -0.39 is 5.91 Å². The summed E-state index contributed by atoms with van der Waals surface area (Å²) in [7, 11) is 0. The highest BCUT2D eigenvalue weighted by atomic mass is 16.2. The molecule has 0 bridgehead atoms. The van der Waals surface area contributed by atoms with E-state index in [4.69, 9.17) is 5.26 Å². The van der Waals surface area contributed by atoms with Crippen LogP contribution in [0.1, 0.15) is 16.3 Å². The standard InChI is InChI=1S/C8H6N6O/c1-5-2-3-10-8-12-6(13-14(5)8)7(15)11-4-9/h2-3H,1H3,(H,11,15). The molecule has 0 spiro atoms. The summed E-state index contributed by atoms with van der Waals surface area (Å²) in [6.45, 7) is 1.81. The van der Waals surface area contributed by atoms with Gasteiger partial charge in [0, 0.05) is 11.9 Å². The summed E-state index contributed by atoms with van der Waals surface area (Å²) in [4.78, 5) is 19.0. The molecule has 7 nitrogen and oxygen atoms in total. The van der Waals surface area contributed by atoms with E-state index in [1.807, 2.05) is 12.2 Å². The van der Waals surface area contributed by atoms with Crippen molar-refractivity contribution < 1.29 is 4.79 Å². The number of fused-ring (bicyclic) bond motifs is 1. The Morgan fingerprint density at radius 3 is 3.13 bits per heavy atom. The van der Waals surface area contributed by atoms with Gasteiger partial charge in [0.25, 0.3) is 5.78 Å². The average molecular weight is 202 g/mol. The molecule has 0 aliphatic heterocycles. The van der Waals surface area contributed by atoms with Crippen LogP contribution >= 0.6 is 0 Å². The van der Waals surface area contributed by atoms with Gasteiger partial charge >= 0.3 is 5.91 Å². The molecule has 1 amide bonds. The third-order valence-corrected chi connectivity index (χ3v) is 1.80. The van der Waals surface area contributed by atoms with Gasteiger partial charge in [-0.2, -0.15) is 10.2 Å². The van der Waals surface area contributed by atoms with Gasteiger partial charge in [-0.05, 0) is 13.0 Å². The van der Waals surface area contributed by atoms with Crippen LogP contribution in [0.3, 0.4) is 0 Å². The van der Waals surface area contributed by atoms with Crippen LogP contribution in [0, 0.1) is 18.4 Å². The van der Waals surface area contributed by atoms with Gasteiger partial charge in [0.1, 0.15) is 0 Å². The largest absolute Gasteiger partial charge is 0.304 e.